The van der Waals surface area contributed by atoms with Gasteiger partial charge in [-0.3, -0.25) is 4.79 Å². The largest absolute Gasteiger partial charge is 0.465 e. The second kappa shape index (κ2) is 4.31. The number of carbonyl (C=O) groups excluding carboxylic acids is 1. The van der Waals surface area contributed by atoms with Crippen LogP contribution in [0.4, 0.5) is 0 Å². The summed E-state index contributed by atoms with van der Waals surface area (Å²) in [4.78, 5) is 12.3. The average Bonchev–Trinajstić information content (AvgIpc) is 2.84. The minimum atomic E-state index is -0.0564. The molecule has 0 aliphatic rings. The molecule has 2 heterocycles. The Kier molecular flexibility index (Phi) is 2.87. The Balaban J connectivity index is 1.91. The van der Waals surface area contributed by atoms with Crippen LogP contribution in [0, 0.1) is 6.92 Å². The Morgan fingerprint density at radius 2 is 2.33 bits per heavy atom. The van der Waals surface area contributed by atoms with E-state index in [1.165, 1.54) is 11.3 Å². The van der Waals surface area contributed by atoms with Crippen molar-refractivity contribution in [2.75, 3.05) is 0 Å². The highest BCUT2D eigenvalue weighted by Crippen LogP contribution is 2.09. The summed E-state index contributed by atoms with van der Waals surface area (Å²) in [6.07, 6.45) is 0. The van der Waals surface area contributed by atoms with E-state index in [0.717, 1.165) is 16.4 Å². The molecule has 78 valence electrons. The molecule has 0 saturated heterocycles. The molecule has 0 aliphatic heterocycles. The maximum Gasteiger partial charge on any atom is 0.261 e. The highest BCUT2D eigenvalue weighted by atomic mass is 32.1. The molecule has 0 saturated carbocycles. The lowest BCUT2D eigenvalue weighted by Gasteiger charge is -2.00. The van der Waals surface area contributed by atoms with Gasteiger partial charge in [0.15, 0.2) is 0 Å². The van der Waals surface area contributed by atoms with E-state index in [-0.39, 0.29) is 5.91 Å². The number of hydrogen-bond donors (Lipinski definition) is 1. The van der Waals surface area contributed by atoms with Gasteiger partial charge in [-0.15, -0.1) is 11.3 Å². The van der Waals surface area contributed by atoms with Crippen molar-refractivity contribution in [3.8, 4) is 0 Å². The first-order chi connectivity index (χ1) is 7.25. The van der Waals surface area contributed by atoms with Crippen molar-refractivity contribution in [1.29, 1.82) is 0 Å². The lowest BCUT2D eigenvalue weighted by atomic mass is 10.4. The first-order valence-corrected chi connectivity index (χ1v) is 5.50. The van der Waals surface area contributed by atoms with Gasteiger partial charge in [0, 0.05) is 0 Å². The molecular weight excluding hydrogens is 210 g/mol. The van der Waals surface area contributed by atoms with Crippen molar-refractivity contribution in [2.45, 2.75) is 13.5 Å². The molecule has 0 aliphatic carbocycles. The Labute approximate surface area is 91.7 Å². The van der Waals surface area contributed by atoms with E-state index >= 15 is 0 Å². The summed E-state index contributed by atoms with van der Waals surface area (Å²) in [6, 6.07) is 7.40. The summed E-state index contributed by atoms with van der Waals surface area (Å²) in [5.74, 6) is 1.58. The number of nitrogens with one attached hydrogen (secondary N) is 1. The van der Waals surface area contributed by atoms with Crippen LogP contribution in [0.25, 0.3) is 0 Å². The van der Waals surface area contributed by atoms with Crippen molar-refractivity contribution < 1.29 is 9.21 Å². The number of carbonyl (C=O) groups is 1. The summed E-state index contributed by atoms with van der Waals surface area (Å²) < 4.78 is 5.34. The quantitative estimate of drug-likeness (QED) is 0.865. The lowest BCUT2D eigenvalue weighted by molar-refractivity contribution is 0.0952. The Morgan fingerprint density at radius 3 is 2.93 bits per heavy atom. The molecule has 4 heteroatoms. The van der Waals surface area contributed by atoms with Gasteiger partial charge < -0.3 is 9.73 Å². The summed E-state index contributed by atoms with van der Waals surface area (Å²) in [6.45, 7) is 2.31. The van der Waals surface area contributed by atoms with Gasteiger partial charge in [0.25, 0.3) is 5.91 Å². The van der Waals surface area contributed by atoms with Gasteiger partial charge in [-0.05, 0) is 30.5 Å². The molecule has 0 aromatic carbocycles. The fraction of sp³-hybridized carbons (Fsp3) is 0.182. The normalized spacial score (nSPS) is 10.2. The Morgan fingerprint density at radius 1 is 1.47 bits per heavy atom. The maximum absolute atomic E-state index is 11.5. The topological polar surface area (TPSA) is 42.2 Å². The smallest absolute Gasteiger partial charge is 0.261 e. The number of thiophene rings is 1. The van der Waals surface area contributed by atoms with Crippen LogP contribution in [0.3, 0.4) is 0 Å². The number of aryl methyl sites for hydroxylation is 1. The molecule has 2 aromatic heterocycles. The van der Waals surface area contributed by atoms with Crippen molar-refractivity contribution in [3.63, 3.8) is 0 Å². The zero-order chi connectivity index (χ0) is 10.7. The van der Waals surface area contributed by atoms with E-state index in [2.05, 4.69) is 5.32 Å². The van der Waals surface area contributed by atoms with Gasteiger partial charge >= 0.3 is 0 Å². The van der Waals surface area contributed by atoms with E-state index in [1.54, 1.807) is 6.07 Å². The molecule has 1 N–H and O–H groups in total. The molecule has 1 amide bonds. The summed E-state index contributed by atoms with van der Waals surface area (Å²) in [7, 11) is 0. The molecule has 2 aromatic rings. The number of rotatable bonds is 3. The van der Waals surface area contributed by atoms with Crippen molar-refractivity contribution in [2.24, 2.45) is 0 Å². The summed E-state index contributed by atoms with van der Waals surface area (Å²) in [5, 5.41) is 4.67. The maximum atomic E-state index is 11.5. The fourth-order valence-electron chi connectivity index (χ4n) is 1.24. The third-order valence-corrected chi connectivity index (χ3v) is 2.83. The zero-order valence-electron chi connectivity index (χ0n) is 8.32. The van der Waals surface area contributed by atoms with E-state index in [0.29, 0.717) is 6.54 Å². The third kappa shape index (κ3) is 2.47. The second-order valence-corrected chi connectivity index (χ2v) is 4.12. The third-order valence-electron chi connectivity index (χ3n) is 1.96. The minimum Gasteiger partial charge on any atom is -0.465 e. The fourth-order valence-corrected chi connectivity index (χ4v) is 1.88. The van der Waals surface area contributed by atoms with Gasteiger partial charge in [-0.2, -0.15) is 0 Å². The molecule has 0 unspecified atom stereocenters. The van der Waals surface area contributed by atoms with Crippen LogP contribution in [-0.4, -0.2) is 5.91 Å². The second-order valence-electron chi connectivity index (χ2n) is 3.17. The molecule has 2 rings (SSSR count). The van der Waals surface area contributed by atoms with Crippen molar-refractivity contribution >= 4 is 17.2 Å². The lowest BCUT2D eigenvalue weighted by Crippen LogP contribution is -2.21. The molecule has 0 radical (unpaired) electrons. The molecule has 3 nitrogen and oxygen atoms in total. The first-order valence-electron chi connectivity index (χ1n) is 4.63. The van der Waals surface area contributed by atoms with Crippen LogP contribution in [0.1, 0.15) is 21.2 Å². The molecule has 0 fully saturated rings. The minimum absolute atomic E-state index is 0.0564. The molecule has 0 bridgehead atoms. The Bertz CT molecular complexity index is 445. The van der Waals surface area contributed by atoms with E-state index in [4.69, 9.17) is 4.42 Å². The average molecular weight is 221 g/mol. The Hall–Kier alpha value is -1.55. The van der Waals surface area contributed by atoms with Gasteiger partial charge in [0.1, 0.15) is 11.5 Å². The SMILES string of the molecule is Cc1ccc(CNC(=O)c2cccs2)o1. The first kappa shape index (κ1) is 9.98. The van der Waals surface area contributed by atoms with E-state index in [9.17, 15) is 4.79 Å². The number of amides is 1. The zero-order valence-corrected chi connectivity index (χ0v) is 9.14. The van der Waals surface area contributed by atoms with Crippen LogP contribution >= 0.6 is 11.3 Å². The van der Waals surface area contributed by atoms with Crippen LogP contribution in [-0.2, 0) is 6.54 Å². The monoisotopic (exact) mass is 221 g/mol. The highest BCUT2D eigenvalue weighted by Gasteiger charge is 2.06. The predicted octanol–water partition coefficient (Wildman–Crippen LogP) is 2.58. The highest BCUT2D eigenvalue weighted by molar-refractivity contribution is 7.12. The van der Waals surface area contributed by atoms with E-state index < -0.39 is 0 Å². The van der Waals surface area contributed by atoms with Gasteiger partial charge in [0.2, 0.25) is 0 Å². The number of furan rings is 1. The van der Waals surface area contributed by atoms with Crippen LogP contribution in [0.15, 0.2) is 34.1 Å². The van der Waals surface area contributed by atoms with Crippen LogP contribution in [0.2, 0.25) is 0 Å². The predicted molar refractivity (Wildman–Crippen MR) is 58.9 cm³/mol. The molecule has 0 spiro atoms. The van der Waals surface area contributed by atoms with Gasteiger partial charge in [-0.1, -0.05) is 6.07 Å². The molecule has 0 atom stereocenters. The molecular formula is C11H11NO2S. The number of hydrogen-bond acceptors (Lipinski definition) is 3. The van der Waals surface area contributed by atoms with Gasteiger partial charge in [-0.25, -0.2) is 0 Å². The van der Waals surface area contributed by atoms with Crippen LogP contribution in [0.5, 0.6) is 0 Å². The summed E-state index contributed by atoms with van der Waals surface area (Å²) >= 11 is 1.43. The van der Waals surface area contributed by atoms with Crippen molar-refractivity contribution in [1.82, 2.24) is 5.32 Å². The van der Waals surface area contributed by atoms with Crippen LogP contribution < -0.4 is 5.32 Å². The van der Waals surface area contributed by atoms with Crippen molar-refractivity contribution in [3.05, 3.63) is 46.0 Å². The summed E-state index contributed by atoms with van der Waals surface area (Å²) in [5.41, 5.74) is 0. The molecule has 15 heavy (non-hydrogen) atoms. The standard InChI is InChI=1S/C11H11NO2S/c1-8-4-5-9(14-8)7-12-11(13)10-3-2-6-15-10/h2-6H,7H2,1H3,(H,12,13). The van der Waals surface area contributed by atoms with E-state index in [1.807, 2.05) is 30.5 Å². The van der Waals surface area contributed by atoms with Gasteiger partial charge in [0.05, 0.1) is 11.4 Å².